The molecule has 0 aromatic heterocycles. The molecule has 0 fully saturated rings. The molecular formula is C39H73N13O12S. The van der Waals surface area contributed by atoms with Gasteiger partial charge in [-0.3, -0.25) is 43.3 Å². The summed E-state index contributed by atoms with van der Waals surface area (Å²) < 4.78 is 0. The molecule has 0 aliphatic rings. The number of nitrogens with one attached hydrogen (secondary N) is 8. The summed E-state index contributed by atoms with van der Waals surface area (Å²) in [5, 5.41) is 48.6. The molecule has 26 heteroatoms. The van der Waals surface area contributed by atoms with E-state index in [1.54, 1.807) is 41.5 Å². The molecule has 0 aliphatic carbocycles. The fourth-order valence-electron chi connectivity index (χ4n) is 5.78. The topological polar surface area (TPSA) is 427 Å². The average molecular weight is 948 g/mol. The number of hydrogen-bond donors (Lipinski definition) is 16. The number of carbonyl (C=O) groups is 9. The molecular weight excluding hydrogens is 875 g/mol. The maximum absolute atomic E-state index is 14.0. The lowest BCUT2D eigenvalue weighted by Gasteiger charge is -2.29. The fraction of sp³-hybridized carbons (Fsp3) is 0.744. The molecule has 0 radical (unpaired) electrons. The maximum atomic E-state index is 14.0. The molecule has 25 nitrogen and oxygen atoms in total. The third kappa shape index (κ3) is 23.4. The van der Waals surface area contributed by atoms with Crippen LogP contribution >= 0.6 is 12.6 Å². The van der Waals surface area contributed by atoms with E-state index in [-0.39, 0.29) is 55.8 Å². The van der Waals surface area contributed by atoms with E-state index in [1.165, 1.54) is 0 Å². The van der Waals surface area contributed by atoms with Crippen LogP contribution in [0.1, 0.15) is 80.1 Å². The Morgan fingerprint density at radius 2 is 1.05 bits per heavy atom. The van der Waals surface area contributed by atoms with E-state index in [4.69, 9.17) is 22.9 Å². The number of aliphatic imine (C=N–C) groups is 1. The van der Waals surface area contributed by atoms with Gasteiger partial charge >= 0.3 is 5.97 Å². The summed E-state index contributed by atoms with van der Waals surface area (Å²) >= 11 is 3.97. The van der Waals surface area contributed by atoms with Crippen molar-refractivity contribution >= 4 is 71.8 Å². The van der Waals surface area contributed by atoms with E-state index >= 15 is 0 Å². The lowest BCUT2D eigenvalue weighted by Crippen LogP contribution is -2.61. The number of aliphatic hydroxyl groups excluding tert-OH is 2. The second-order valence-electron chi connectivity index (χ2n) is 16.4. The van der Waals surface area contributed by atoms with Crippen LogP contribution in [0.4, 0.5) is 0 Å². The molecule has 0 rings (SSSR count). The normalized spacial score (nSPS) is 14.9. The van der Waals surface area contributed by atoms with Gasteiger partial charge in [0.2, 0.25) is 47.3 Å². The molecule has 0 aromatic carbocycles. The van der Waals surface area contributed by atoms with E-state index in [0.717, 1.165) is 0 Å². The minimum absolute atomic E-state index is 0.0412. The number of nitrogens with zero attached hydrogens (tertiary/aromatic N) is 1. The summed E-state index contributed by atoms with van der Waals surface area (Å²) in [5.41, 5.74) is 22.3. The number of amides is 8. The van der Waals surface area contributed by atoms with Gasteiger partial charge < -0.3 is 80.8 Å². The van der Waals surface area contributed by atoms with E-state index in [2.05, 4.69) is 60.2 Å². The Bertz CT molecular complexity index is 1620. The number of rotatable bonds is 32. The van der Waals surface area contributed by atoms with E-state index in [0.29, 0.717) is 19.4 Å². The number of carbonyl (C=O) groups excluding carboxylic acids is 8. The van der Waals surface area contributed by atoms with Crippen LogP contribution in [-0.4, -0.2) is 161 Å². The summed E-state index contributed by atoms with van der Waals surface area (Å²) in [6.45, 7) is 7.92. The zero-order chi connectivity index (χ0) is 50.0. The van der Waals surface area contributed by atoms with Crippen LogP contribution in [0.15, 0.2) is 4.99 Å². The van der Waals surface area contributed by atoms with Gasteiger partial charge in [0.15, 0.2) is 5.96 Å². The first-order valence-corrected chi connectivity index (χ1v) is 22.0. The maximum Gasteiger partial charge on any atom is 0.327 e. The summed E-state index contributed by atoms with van der Waals surface area (Å²) in [6, 6.07) is -10.8. The highest BCUT2D eigenvalue weighted by molar-refractivity contribution is 7.80. The highest BCUT2D eigenvalue weighted by atomic mass is 32.1. The van der Waals surface area contributed by atoms with Gasteiger partial charge in [0, 0.05) is 12.3 Å². The second kappa shape index (κ2) is 31.5. The predicted molar refractivity (Wildman–Crippen MR) is 242 cm³/mol. The molecule has 0 spiro atoms. The van der Waals surface area contributed by atoms with E-state index < -0.39 is 127 Å². The number of unbranched alkanes of at least 4 members (excludes halogenated alkanes) is 1. The van der Waals surface area contributed by atoms with E-state index in [9.17, 15) is 58.5 Å². The smallest absolute Gasteiger partial charge is 0.327 e. The van der Waals surface area contributed by atoms with Gasteiger partial charge in [-0.05, 0) is 62.8 Å². The summed E-state index contributed by atoms with van der Waals surface area (Å²) in [4.78, 5) is 121. The lowest BCUT2D eigenvalue weighted by molar-refractivity contribution is -0.141. The number of aliphatic hydroxyl groups is 2. The van der Waals surface area contributed by atoms with Crippen molar-refractivity contribution in [3.05, 3.63) is 0 Å². The number of hydrogen-bond acceptors (Lipinski definition) is 15. The molecule has 372 valence electrons. The van der Waals surface area contributed by atoms with Gasteiger partial charge in [-0.15, -0.1) is 0 Å². The quantitative estimate of drug-likeness (QED) is 0.0129. The van der Waals surface area contributed by atoms with Gasteiger partial charge in [0.25, 0.3) is 0 Å². The van der Waals surface area contributed by atoms with Crippen LogP contribution in [0.5, 0.6) is 0 Å². The Balaban J connectivity index is 6.29. The molecule has 0 aliphatic heterocycles. The molecule has 65 heavy (non-hydrogen) atoms. The van der Waals surface area contributed by atoms with Crippen molar-refractivity contribution in [3.8, 4) is 0 Å². The predicted octanol–water partition coefficient (Wildman–Crippen LogP) is -5.64. The monoisotopic (exact) mass is 948 g/mol. The number of aliphatic carboxylic acids is 1. The molecule has 0 unspecified atom stereocenters. The number of carboxylic acids is 1. The Labute approximate surface area is 384 Å². The second-order valence-corrected chi connectivity index (χ2v) is 16.8. The first-order valence-electron chi connectivity index (χ1n) is 21.4. The fourth-order valence-corrected chi connectivity index (χ4v) is 6.03. The van der Waals surface area contributed by atoms with Gasteiger partial charge in [0.1, 0.15) is 42.3 Å². The van der Waals surface area contributed by atoms with Crippen molar-refractivity contribution in [2.75, 3.05) is 38.6 Å². The standard InChI is InChI=1S/C39H73N13O12S/c1-19(2)14-24(33(58)47-22(10-7-8-12-40)32(57)51-27(18-65)38(63)64)49-31(56)23(11-9-13-44-39(42)43)48-37(62)30(21(5)6)52-35(60)26(17-54)50-34(59)25(16-53)46-28(55)15-45-36(61)29(41)20(3)4/h19-27,29-30,53-54,65H,7-18,40-41H2,1-6H3,(H,45,61)(H,46,55)(H,47,58)(H,48,62)(H,49,56)(H,50,59)(H,51,57)(H,52,60)(H,63,64)(H4,42,43,44)/t22-,23-,24-,25-,26-,27-,29-,30-/m0/s1. The van der Waals surface area contributed by atoms with Gasteiger partial charge in [-0.1, -0.05) is 41.5 Å². The molecule has 8 amide bonds. The van der Waals surface area contributed by atoms with Crippen molar-refractivity contribution in [3.63, 3.8) is 0 Å². The average Bonchev–Trinajstić information content (AvgIpc) is 3.23. The molecule has 0 aromatic rings. The largest absolute Gasteiger partial charge is 0.480 e. The van der Waals surface area contributed by atoms with Gasteiger partial charge in [-0.2, -0.15) is 12.6 Å². The van der Waals surface area contributed by atoms with Crippen molar-refractivity contribution in [2.45, 2.75) is 128 Å². The molecule has 0 heterocycles. The molecule has 8 atom stereocenters. The first kappa shape index (κ1) is 59.7. The van der Waals surface area contributed by atoms with Gasteiger partial charge in [0.05, 0.1) is 25.8 Å². The minimum atomic E-state index is -1.70. The van der Waals surface area contributed by atoms with Crippen LogP contribution in [0.3, 0.4) is 0 Å². The summed E-state index contributed by atoms with van der Waals surface area (Å²) in [7, 11) is 0. The molecule has 0 saturated carbocycles. The summed E-state index contributed by atoms with van der Waals surface area (Å²) in [5.74, 6) is -9.76. The number of carboxylic acid groups (broad SMARTS) is 1. The zero-order valence-corrected chi connectivity index (χ0v) is 39.0. The lowest BCUT2D eigenvalue weighted by atomic mass is 10.00. The summed E-state index contributed by atoms with van der Waals surface area (Å²) in [6.07, 6.45) is 1.13. The number of thiol groups is 1. The number of guanidine groups is 1. The van der Waals surface area contributed by atoms with Crippen LogP contribution in [-0.2, 0) is 43.2 Å². The number of nitrogens with two attached hydrogens (primary N) is 4. The van der Waals surface area contributed by atoms with Crippen LogP contribution in [0.2, 0.25) is 0 Å². The van der Waals surface area contributed by atoms with Crippen LogP contribution in [0, 0.1) is 17.8 Å². The Morgan fingerprint density at radius 1 is 0.585 bits per heavy atom. The Kier molecular flexibility index (Phi) is 29.0. The molecule has 19 N–H and O–H groups in total. The SMILES string of the molecule is CC(C)C[C@H](NC(=O)[C@H](CCCN=C(N)N)NC(=O)[C@@H](NC(=O)[C@H](CO)NC(=O)[C@H](CO)NC(=O)CNC(=O)[C@@H](N)C(C)C)C(C)C)C(=O)N[C@@H](CCCCN)C(=O)N[C@@H](CS)C(=O)O. The van der Waals surface area contributed by atoms with Crippen molar-refractivity contribution in [1.82, 2.24) is 42.5 Å². The Morgan fingerprint density at radius 3 is 1.52 bits per heavy atom. The molecule has 0 saturated heterocycles. The van der Waals surface area contributed by atoms with E-state index in [1.807, 2.05) is 0 Å². The zero-order valence-electron chi connectivity index (χ0n) is 38.1. The molecule has 0 bridgehead atoms. The van der Waals surface area contributed by atoms with Crippen molar-refractivity contribution in [1.29, 1.82) is 0 Å². The Hall–Kier alpha value is -5.31. The highest BCUT2D eigenvalue weighted by Crippen LogP contribution is 2.11. The van der Waals surface area contributed by atoms with Crippen LogP contribution < -0.4 is 65.5 Å². The third-order valence-corrected chi connectivity index (χ3v) is 10.0. The first-order chi connectivity index (χ1) is 30.4. The van der Waals surface area contributed by atoms with Crippen LogP contribution in [0.25, 0.3) is 0 Å². The van der Waals surface area contributed by atoms with Crippen molar-refractivity contribution in [2.24, 2.45) is 45.7 Å². The van der Waals surface area contributed by atoms with Crippen molar-refractivity contribution < 1.29 is 58.5 Å². The highest BCUT2D eigenvalue weighted by Gasteiger charge is 2.35. The van der Waals surface area contributed by atoms with Gasteiger partial charge in [-0.25, -0.2) is 4.79 Å². The third-order valence-electron chi connectivity index (χ3n) is 9.64. The minimum Gasteiger partial charge on any atom is -0.480 e.